The van der Waals surface area contributed by atoms with Gasteiger partial charge in [-0.2, -0.15) is 0 Å². The third-order valence-electron chi connectivity index (χ3n) is 11.0. The molecule has 1 fully saturated rings. The van der Waals surface area contributed by atoms with Crippen molar-refractivity contribution in [3.8, 4) is 0 Å². The molecule has 0 aromatic carbocycles. The third kappa shape index (κ3) is 8.44. The van der Waals surface area contributed by atoms with Crippen molar-refractivity contribution >= 4 is 16.6 Å². The lowest BCUT2D eigenvalue weighted by molar-refractivity contribution is -0.212. The maximum Gasteiger partial charge on any atom is 0.200 e. The van der Waals surface area contributed by atoms with E-state index in [0.717, 1.165) is 17.6 Å². The molecule has 0 aromatic heterocycles. The molecule has 5 nitrogen and oxygen atoms in total. The summed E-state index contributed by atoms with van der Waals surface area (Å²) < 4.78 is 26.8. The summed E-state index contributed by atoms with van der Waals surface area (Å²) in [4.78, 5) is 0. The van der Waals surface area contributed by atoms with E-state index in [2.05, 4.69) is 117 Å². The Kier molecular flexibility index (Phi) is 12.6. The van der Waals surface area contributed by atoms with Gasteiger partial charge < -0.3 is 23.4 Å². The van der Waals surface area contributed by atoms with Crippen LogP contribution in [0.2, 0.25) is 34.8 Å². The summed E-state index contributed by atoms with van der Waals surface area (Å²) in [5, 5.41) is 12.1. The van der Waals surface area contributed by atoms with Crippen LogP contribution in [0, 0.1) is 16.7 Å². The van der Waals surface area contributed by atoms with Crippen LogP contribution in [0.4, 0.5) is 0 Å². The van der Waals surface area contributed by atoms with E-state index in [1.807, 2.05) is 12.2 Å². The van der Waals surface area contributed by atoms with Gasteiger partial charge in [0, 0.05) is 11.3 Å². The van der Waals surface area contributed by atoms with Crippen LogP contribution in [-0.2, 0) is 18.3 Å². The van der Waals surface area contributed by atoms with Crippen molar-refractivity contribution < 1.29 is 23.4 Å². The lowest BCUT2D eigenvalue weighted by Gasteiger charge is -2.51. The van der Waals surface area contributed by atoms with Crippen molar-refractivity contribution in [3.05, 3.63) is 35.5 Å². The first kappa shape index (κ1) is 38.6. The van der Waals surface area contributed by atoms with Gasteiger partial charge in [-0.05, 0) is 70.2 Å². The predicted molar refractivity (Wildman–Crippen MR) is 187 cm³/mol. The highest BCUT2D eigenvalue weighted by Crippen LogP contribution is 2.52. The minimum atomic E-state index is -2.10. The molecular weight excluding hydrogens is 569 g/mol. The van der Waals surface area contributed by atoms with Gasteiger partial charge in [0.2, 0.25) is 8.32 Å². The Labute approximate surface area is 268 Å². The largest absolute Gasteiger partial charge is 0.412 e. The van der Waals surface area contributed by atoms with Gasteiger partial charge in [0.05, 0.1) is 32.0 Å². The Balaban J connectivity index is 2.52. The maximum atomic E-state index is 12.0. The zero-order valence-electron chi connectivity index (χ0n) is 30.8. The summed E-state index contributed by atoms with van der Waals surface area (Å²) in [7, 11) is -4.16. The Morgan fingerprint density at radius 2 is 1.49 bits per heavy atom. The lowest BCUT2D eigenvalue weighted by atomic mass is 9.62. The van der Waals surface area contributed by atoms with Gasteiger partial charge in [-0.1, -0.05) is 109 Å². The summed E-state index contributed by atoms with van der Waals surface area (Å²) in [5.41, 5.74) is 4.34. The fourth-order valence-electron chi connectivity index (χ4n) is 7.39. The zero-order valence-corrected chi connectivity index (χ0v) is 32.8. The topological polar surface area (TPSA) is 57.2 Å². The molecule has 0 radical (unpaired) electrons. The van der Waals surface area contributed by atoms with Gasteiger partial charge in [-0.3, -0.25) is 0 Å². The van der Waals surface area contributed by atoms with Crippen LogP contribution >= 0.6 is 0 Å². The Hall–Kier alpha value is -0.546. The summed E-state index contributed by atoms with van der Waals surface area (Å²) in [6.45, 7) is 42.2. The van der Waals surface area contributed by atoms with Crippen LogP contribution < -0.4 is 0 Å². The average molecular weight is 637 g/mol. The molecule has 0 spiro atoms. The van der Waals surface area contributed by atoms with E-state index >= 15 is 0 Å². The molecule has 250 valence electrons. The molecule has 0 amide bonds. The first-order valence-electron chi connectivity index (χ1n) is 16.7. The third-order valence-corrected chi connectivity index (χ3v) is 21.5. The SMILES string of the molecule is C=C/C(=C\[C@@H](O)[C@@H]1C[C@@H](O[Si](C)(C)C(C)(C)C)C(C)=C(C2OCC(C)(C)CO2)C1(C)C)CO[Si](C(C)C)(C(C)C)C(C)C. The molecule has 0 aromatic rings. The summed E-state index contributed by atoms with van der Waals surface area (Å²) in [6.07, 6.45) is 3.34. The fraction of sp³-hybridized carbons (Fsp3) is 0.833. The highest BCUT2D eigenvalue weighted by Gasteiger charge is 2.51. The van der Waals surface area contributed by atoms with Crippen molar-refractivity contribution in [1.29, 1.82) is 0 Å². The second kappa shape index (κ2) is 14.1. The molecule has 7 heteroatoms. The molecule has 0 bridgehead atoms. The van der Waals surface area contributed by atoms with Crippen LogP contribution in [0.25, 0.3) is 0 Å². The van der Waals surface area contributed by atoms with E-state index in [4.69, 9.17) is 18.3 Å². The number of aliphatic hydroxyl groups excluding tert-OH is 1. The van der Waals surface area contributed by atoms with Crippen molar-refractivity contribution in [1.82, 2.24) is 0 Å². The van der Waals surface area contributed by atoms with E-state index in [-0.39, 0.29) is 27.9 Å². The van der Waals surface area contributed by atoms with E-state index in [9.17, 15) is 5.11 Å². The second-order valence-corrected chi connectivity index (χ2v) is 27.4. The van der Waals surface area contributed by atoms with Crippen LogP contribution in [0.3, 0.4) is 0 Å². The van der Waals surface area contributed by atoms with Gasteiger partial charge in [0.15, 0.2) is 14.6 Å². The lowest BCUT2D eigenvalue weighted by Crippen LogP contribution is -2.52. The van der Waals surface area contributed by atoms with Crippen molar-refractivity contribution in [2.45, 2.75) is 157 Å². The Morgan fingerprint density at radius 3 is 1.91 bits per heavy atom. The quantitative estimate of drug-likeness (QED) is 0.131. The van der Waals surface area contributed by atoms with Gasteiger partial charge in [0.1, 0.15) is 0 Å². The number of rotatable bonds is 12. The van der Waals surface area contributed by atoms with E-state index in [1.165, 1.54) is 5.57 Å². The van der Waals surface area contributed by atoms with Crippen molar-refractivity contribution in [3.63, 3.8) is 0 Å². The average Bonchev–Trinajstić information content (AvgIpc) is 2.84. The zero-order chi connectivity index (χ0) is 33.3. The van der Waals surface area contributed by atoms with Gasteiger partial charge >= 0.3 is 0 Å². The summed E-state index contributed by atoms with van der Waals surface area (Å²) in [5.74, 6) is -0.0969. The monoisotopic (exact) mass is 636 g/mol. The minimum Gasteiger partial charge on any atom is -0.412 e. The van der Waals surface area contributed by atoms with E-state index < -0.39 is 29.0 Å². The van der Waals surface area contributed by atoms with Gasteiger partial charge in [0.25, 0.3) is 0 Å². The van der Waals surface area contributed by atoms with Gasteiger partial charge in [-0.25, -0.2) is 0 Å². The van der Waals surface area contributed by atoms with Crippen molar-refractivity contribution in [2.75, 3.05) is 19.8 Å². The fourth-order valence-corrected chi connectivity index (χ4v) is 14.1. The van der Waals surface area contributed by atoms with Crippen LogP contribution in [0.15, 0.2) is 35.5 Å². The van der Waals surface area contributed by atoms with Crippen LogP contribution in [0.5, 0.6) is 0 Å². The maximum absolute atomic E-state index is 12.0. The summed E-state index contributed by atoms with van der Waals surface area (Å²) >= 11 is 0. The number of hydrogen-bond acceptors (Lipinski definition) is 5. The van der Waals surface area contributed by atoms with Crippen LogP contribution in [0.1, 0.15) is 103 Å². The Morgan fingerprint density at radius 1 is 1.00 bits per heavy atom. The van der Waals surface area contributed by atoms with E-state index in [1.54, 1.807) is 0 Å². The smallest absolute Gasteiger partial charge is 0.200 e. The molecule has 3 atom stereocenters. The second-order valence-electron chi connectivity index (χ2n) is 17.2. The highest BCUT2D eigenvalue weighted by molar-refractivity contribution is 6.77. The van der Waals surface area contributed by atoms with Gasteiger partial charge in [-0.15, -0.1) is 0 Å². The molecule has 1 heterocycles. The number of ether oxygens (including phenoxy) is 2. The normalized spacial score (nSPS) is 25.2. The number of hydrogen-bond donors (Lipinski definition) is 1. The molecule has 1 saturated heterocycles. The van der Waals surface area contributed by atoms with Crippen LogP contribution in [-0.4, -0.2) is 60.1 Å². The van der Waals surface area contributed by atoms with E-state index in [0.29, 0.717) is 36.4 Å². The first-order valence-corrected chi connectivity index (χ1v) is 21.8. The molecular formula is C36H68O5Si2. The predicted octanol–water partition coefficient (Wildman–Crippen LogP) is 9.80. The molecule has 0 unspecified atom stereocenters. The molecule has 43 heavy (non-hydrogen) atoms. The summed E-state index contributed by atoms with van der Waals surface area (Å²) in [6, 6.07) is 0. The highest BCUT2D eigenvalue weighted by atomic mass is 28.4. The molecule has 1 aliphatic carbocycles. The number of aliphatic hydroxyl groups is 1. The molecule has 2 aliphatic rings. The Bertz CT molecular complexity index is 983. The molecule has 0 saturated carbocycles. The first-order chi connectivity index (χ1) is 19.4. The molecule has 2 rings (SSSR count). The molecule has 1 N–H and O–H groups in total. The standard InChI is InChI=1S/C36H68O5Si2/c1-18-28(21-40-43(24(2)3,25(4)5)26(6)7)19-30(37)29-20-31(41-42(16,17)34(9,10)11)27(8)32(36(29,14)15)33-38-22-35(12,13)23-39-33/h18-19,24-26,29-31,33,37H,1,20-23H2,2-17H3/b28-19+/t29-,30+,31+/m0/s1. The molecule has 1 aliphatic heterocycles. The minimum absolute atomic E-state index is 0.0260. The van der Waals surface area contributed by atoms with Crippen molar-refractivity contribution in [2.24, 2.45) is 16.7 Å².